The summed E-state index contributed by atoms with van der Waals surface area (Å²) in [7, 11) is 0. The molecule has 1 saturated carbocycles. The number of nitrogen functional groups attached to an aromatic ring is 1. The fourth-order valence-corrected chi connectivity index (χ4v) is 2.10. The number of hydrogen-bond acceptors (Lipinski definition) is 5. The summed E-state index contributed by atoms with van der Waals surface area (Å²) in [6, 6.07) is 1.70. The quantitative estimate of drug-likeness (QED) is 0.667. The molecule has 0 unspecified atom stereocenters. The fraction of sp³-hybridized carbons (Fsp3) is 0.500. The number of anilines is 2. The van der Waals surface area contributed by atoms with Crippen LogP contribution >= 0.6 is 0 Å². The van der Waals surface area contributed by atoms with Crippen LogP contribution in [0.15, 0.2) is 12.4 Å². The van der Waals surface area contributed by atoms with E-state index < -0.39 is 0 Å². The Morgan fingerprint density at radius 2 is 2.25 bits per heavy atom. The molecule has 3 N–H and O–H groups in total. The van der Waals surface area contributed by atoms with Crippen LogP contribution in [0.5, 0.6) is 0 Å². The molecule has 1 aliphatic heterocycles. The van der Waals surface area contributed by atoms with Crippen molar-refractivity contribution in [2.24, 2.45) is 0 Å². The van der Waals surface area contributed by atoms with Crippen LogP contribution in [0, 0.1) is 0 Å². The summed E-state index contributed by atoms with van der Waals surface area (Å²) >= 11 is 0. The van der Waals surface area contributed by atoms with E-state index in [-0.39, 0.29) is 11.4 Å². The average molecular weight is 219 g/mol. The molecule has 6 heteroatoms. The first-order chi connectivity index (χ1) is 7.67. The van der Waals surface area contributed by atoms with Crippen molar-refractivity contribution in [2.75, 3.05) is 23.7 Å². The van der Waals surface area contributed by atoms with Gasteiger partial charge in [0.15, 0.2) is 0 Å². The van der Waals surface area contributed by atoms with Gasteiger partial charge < -0.3 is 16.0 Å². The van der Waals surface area contributed by atoms with Crippen LogP contribution in [-0.2, 0) is 4.79 Å². The van der Waals surface area contributed by atoms with E-state index in [1.165, 1.54) is 6.33 Å². The van der Waals surface area contributed by atoms with E-state index in [9.17, 15) is 4.79 Å². The van der Waals surface area contributed by atoms with Gasteiger partial charge in [0, 0.05) is 12.6 Å². The van der Waals surface area contributed by atoms with Gasteiger partial charge in [0.25, 0.3) is 0 Å². The van der Waals surface area contributed by atoms with E-state index in [0.717, 1.165) is 25.2 Å². The number of rotatable bonds is 1. The number of nitrogens with one attached hydrogen (secondary N) is 1. The first kappa shape index (κ1) is 9.38. The van der Waals surface area contributed by atoms with Crippen molar-refractivity contribution in [3.8, 4) is 0 Å². The number of carbonyl (C=O) groups excluding carboxylic acids is 1. The van der Waals surface area contributed by atoms with Crippen LogP contribution in [0.4, 0.5) is 11.6 Å². The minimum Gasteiger partial charge on any atom is -0.384 e. The number of nitrogens with zero attached hydrogens (tertiary/aromatic N) is 3. The molecule has 2 fully saturated rings. The lowest BCUT2D eigenvalue weighted by atomic mass is 10.2. The predicted molar refractivity (Wildman–Crippen MR) is 58.8 cm³/mol. The number of amides is 1. The smallest absolute Gasteiger partial charge is 0.240 e. The van der Waals surface area contributed by atoms with Crippen LogP contribution < -0.4 is 16.0 Å². The molecule has 1 aromatic rings. The number of carbonyl (C=O) groups is 1. The highest BCUT2D eigenvalue weighted by atomic mass is 16.2. The molecule has 0 atom stereocenters. The van der Waals surface area contributed by atoms with Gasteiger partial charge in [-0.15, -0.1) is 0 Å². The van der Waals surface area contributed by atoms with Gasteiger partial charge in [-0.1, -0.05) is 0 Å². The van der Waals surface area contributed by atoms with Gasteiger partial charge in [-0.05, 0) is 12.8 Å². The van der Waals surface area contributed by atoms with Crippen molar-refractivity contribution >= 4 is 17.5 Å². The van der Waals surface area contributed by atoms with E-state index in [1.54, 1.807) is 6.07 Å². The lowest BCUT2D eigenvalue weighted by molar-refractivity contribution is -0.121. The molecule has 16 heavy (non-hydrogen) atoms. The molecule has 0 bridgehead atoms. The monoisotopic (exact) mass is 219 g/mol. The SMILES string of the molecule is Nc1cc(N2CC(=O)NC3(CC3)C2)ncn1. The third-order valence-electron chi connectivity index (χ3n) is 3.08. The van der Waals surface area contributed by atoms with Gasteiger partial charge in [-0.2, -0.15) is 0 Å². The Morgan fingerprint density at radius 3 is 2.94 bits per heavy atom. The topological polar surface area (TPSA) is 84.1 Å². The lowest BCUT2D eigenvalue weighted by Crippen LogP contribution is -2.56. The summed E-state index contributed by atoms with van der Waals surface area (Å²) in [4.78, 5) is 21.5. The summed E-state index contributed by atoms with van der Waals surface area (Å²) in [5, 5.41) is 3.03. The predicted octanol–water partition coefficient (Wildman–Crippen LogP) is -0.472. The standard InChI is InChI=1S/C10H13N5O/c11-7-3-8(13-6-12-7)15-4-9(16)14-10(5-15)1-2-10/h3,6H,1-2,4-5H2,(H,14,16)(H2,11,12,13). The molecule has 1 spiro atoms. The maximum absolute atomic E-state index is 11.6. The van der Waals surface area contributed by atoms with Crippen molar-refractivity contribution in [3.05, 3.63) is 12.4 Å². The third-order valence-corrected chi connectivity index (χ3v) is 3.08. The second kappa shape index (κ2) is 3.07. The first-order valence-electron chi connectivity index (χ1n) is 5.30. The van der Waals surface area contributed by atoms with Crippen LogP contribution in [0.3, 0.4) is 0 Å². The number of hydrogen-bond donors (Lipinski definition) is 2. The van der Waals surface area contributed by atoms with E-state index in [2.05, 4.69) is 15.3 Å². The van der Waals surface area contributed by atoms with E-state index in [1.807, 2.05) is 4.90 Å². The second-order valence-corrected chi connectivity index (χ2v) is 4.49. The third kappa shape index (κ3) is 1.56. The van der Waals surface area contributed by atoms with Gasteiger partial charge in [-0.3, -0.25) is 4.79 Å². The zero-order valence-electron chi connectivity index (χ0n) is 8.81. The Hall–Kier alpha value is -1.85. The molecule has 1 aliphatic carbocycles. The summed E-state index contributed by atoms with van der Waals surface area (Å²) in [5.74, 6) is 1.22. The van der Waals surface area contributed by atoms with Crippen LogP contribution in [0.2, 0.25) is 0 Å². The first-order valence-corrected chi connectivity index (χ1v) is 5.30. The zero-order chi connectivity index (χ0) is 11.2. The average Bonchev–Trinajstić information content (AvgIpc) is 2.96. The zero-order valence-corrected chi connectivity index (χ0v) is 8.81. The lowest BCUT2D eigenvalue weighted by Gasteiger charge is -2.34. The Morgan fingerprint density at radius 1 is 1.44 bits per heavy atom. The second-order valence-electron chi connectivity index (χ2n) is 4.49. The molecule has 3 rings (SSSR count). The molecule has 84 valence electrons. The van der Waals surface area contributed by atoms with Crippen LogP contribution in [0.25, 0.3) is 0 Å². The largest absolute Gasteiger partial charge is 0.384 e. The summed E-state index contributed by atoms with van der Waals surface area (Å²) in [6.07, 6.45) is 3.53. The Labute approximate surface area is 92.9 Å². The van der Waals surface area contributed by atoms with Gasteiger partial charge in [0.2, 0.25) is 5.91 Å². The molecule has 0 radical (unpaired) electrons. The minimum atomic E-state index is -0.00492. The highest BCUT2D eigenvalue weighted by molar-refractivity contribution is 5.84. The number of piperazine rings is 1. The van der Waals surface area contributed by atoms with Crippen molar-refractivity contribution in [3.63, 3.8) is 0 Å². The van der Waals surface area contributed by atoms with E-state index in [4.69, 9.17) is 5.73 Å². The van der Waals surface area contributed by atoms with Crippen LogP contribution in [0.1, 0.15) is 12.8 Å². The molecular weight excluding hydrogens is 206 g/mol. The fourth-order valence-electron chi connectivity index (χ4n) is 2.10. The molecule has 1 aromatic heterocycles. The molecule has 2 heterocycles. The van der Waals surface area contributed by atoms with Crippen LogP contribution in [-0.4, -0.2) is 34.5 Å². The summed E-state index contributed by atoms with van der Waals surface area (Å²) in [6.45, 7) is 1.16. The maximum Gasteiger partial charge on any atom is 0.240 e. The molecule has 2 aliphatic rings. The van der Waals surface area contributed by atoms with Crippen molar-refractivity contribution in [1.29, 1.82) is 0 Å². The highest BCUT2D eigenvalue weighted by Gasteiger charge is 2.48. The minimum absolute atomic E-state index is 0.00492. The van der Waals surface area contributed by atoms with Gasteiger partial charge in [0.05, 0.1) is 12.1 Å². The Kier molecular flexibility index (Phi) is 1.80. The Bertz CT molecular complexity index is 443. The van der Waals surface area contributed by atoms with E-state index in [0.29, 0.717) is 12.4 Å². The molecule has 1 saturated heterocycles. The molecule has 6 nitrogen and oxygen atoms in total. The summed E-state index contributed by atoms with van der Waals surface area (Å²) in [5.41, 5.74) is 5.60. The van der Waals surface area contributed by atoms with E-state index >= 15 is 0 Å². The number of aromatic nitrogens is 2. The molecule has 0 aromatic carbocycles. The van der Waals surface area contributed by atoms with Crippen molar-refractivity contribution in [1.82, 2.24) is 15.3 Å². The molecular formula is C10H13N5O. The number of nitrogens with two attached hydrogens (primary N) is 1. The Balaban J connectivity index is 1.86. The maximum atomic E-state index is 11.6. The highest BCUT2D eigenvalue weighted by Crippen LogP contribution is 2.38. The van der Waals surface area contributed by atoms with Crippen molar-refractivity contribution in [2.45, 2.75) is 18.4 Å². The van der Waals surface area contributed by atoms with Gasteiger partial charge >= 0.3 is 0 Å². The normalized spacial score (nSPS) is 22.0. The van der Waals surface area contributed by atoms with Crippen molar-refractivity contribution < 1.29 is 4.79 Å². The van der Waals surface area contributed by atoms with Gasteiger partial charge in [-0.25, -0.2) is 9.97 Å². The summed E-state index contributed by atoms with van der Waals surface area (Å²) < 4.78 is 0. The van der Waals surface area contributed by atoms with Gasteiger partial charge in [0.1, 0.15) is 18.0 Å². The molecule has 1 amide bonds.